The third-order valence-corrected chi connectivity index (χ3v) is 8.87. The molecule has 0 radical (unpaired) electrons. The molecule has 0 aliphatic carbocycles. The zero-order valence-electron chi connectivity index (χ0n) is 43.3. The maximum Gasteiger partial charge on any atom is 0.143 e. The van der Waals surface area contributed by atoms with E-state index in [0.29, 0.717) is 5.56 Å². The molecule has 10 rings (SSSR count). The molecule has 0 amide bonds. The second kappa shape index (κ2) is 11.1. The van der Waals surface area contributed by atoms with Crippen molar-refractivity contribution in [2.75, 3.05) is 0 Å². The van der Waals surface area contributed by atoms with Crippen molar-refractivity contribution in [2.45, 2.75) is 0 Å². The van der Waals surface area contributed by atoms with E-state index in [1.54, 1.807) is 12.1 Å². The lowest BCUT2D eigenvalue weighted by Gasteiger charge is -2.18. The zero-order valence-corrected chi connectivity index (χ0v) is 25.3. The Hall–Kier alpha value is -6.44. The average Bonchev–Trinajstić information content (AvgIpc) is 3.73. The van der Waals surface area contributed by atoms with Crippen LogP contribution in [0.25, 0.3) is 98.8 Å². The Kier molecular flexibility index (Phi) is 3.43. The summed E-state index contributed by atoms with van der Waals surface area (Å²) in [6.45, 7) is 0. The molecule has 0 spiro atoms. The van der Waals surface area contributed by atoms with Gasteiger partial charge in [0.05, 0.1) is 24.7 Å². The molecule has 0 unspecified atom stereocenters. The first-order valence-corrected chi connectivity index (χ1v) is 15.4. The van der Waals surface area contributed by atoms with Crippen LogP contribution in [0.5, 0.6) is 0 Å². The fourth-order valence-electron chi connectivity index (χ4n) is 6.81. The number of benzene rings is 9. The second-order valence-electron chi connectivity index (χ2n) is 11.5. The highest BCUT2D eigenvalue weighted by atomic mass is 16.3. The van der Waals surface area contributed by atoms with Gasteiger partial charge in [-0.15, -0.1) is 0 Å². The average molecular weight is 641 g/mol. The van der Waals surface area contributed by atoms with Crippen molar-refractivity contribution >= 4 is 54.1 Å². The quantitative estimate of drug-likeness (QED) is 0.138. The minimum Gasteiger partial charge on any atom is -0.455 e. The highest BCUT2D eigenvalue weighted by Crippen LogP contribution is 2.51. The van der Waals surface area contributed by atoms with Crippen molar-refractivity contribution in [2.24, 2.45) is 0 Å². The van der Waals surface area contributed by atoms with E-state index >= 15 is 0 Å². The summed E-state index contributed by atoms with van der Waals surface area (Å²) in [4.78, 5) is 0. The Balaban J connectivity index is 1.50. The minimum atomic E-state index is -0.796. The summed E-state index contributed by atoms with van der Waals surface area (Å²) in [5, 5.41) is 2.15. The van der Waals surface area contributed by atoms with Gasteiger partial charge in [-0.1, -0.05) is 175 Å². The van der Waals surface area contributed by atoms with Crippen molar-refractivity contribution in [1.29, 1.82) is 0 Å². The van der Waals surface area contributed by atoms with E-state index in [1.165, 1.54) is 12.1 Å². The molecule has 1 aromatic heterocycles. The van der Waals surface area contributed by atoms with Gasteiger partial charge in [0.15, 0.2) is 0 Å². The Morgan fingerprint density at radius 3 is 1.65 bits per heavy atom. The Morgan fingerprint density at radius 2 is 0.939 bits per heavy atom. The summed E-state index contributed by atoms with van der Waals surface area (Å²) in [5.74, 6) is 0.00265. The SMILES string of the molecule is [2H]c1c([2H])c([2H])c(-c2cccc3c(-c4c5c([2H])c([2H])c([2H])c([2H])c5c(-c5c([2H])c([2H])c([2H])c([2H])c5[2H])c5c([2H])c([2H])c([2H])c([2H])c45)c(-c4ccc5c(ccc6ccccc65)c4)oc23)c([2H])c1[2H]. The molecule has 10 aromatic rings. The number of fused-ring (bicyclic) bond motifs is 6. The summed E-state index contributed by atoms with van der Waals surface area (Å²) in [5.41, 5.74) is -1.01. The molecule has 49 heavy (non-hydrogen) atoms. The fourth-order valence-corrected chi connectivity index (χ4v) is 6.81. The van der Waals surface area contributed by atoms with Gasteiger partial charge in [-0.25, -0.2) is 0 Å². The molecule has 9 aromatic carbocycles. The van der Waals surface area contributed by atoms with Gasteiger partial charge in [0.2, 0.25) is 0 Å². The van der Waals surface area contributed by atoms with Crippen molar-refractivity contribution in [3.8, 4) is 44.7 Å². The van der Waals surface area contributed by atoms with Crippen LogP contribution < -0.4 is 0 Å². The lowest BCUT2D eigenvalue weighted by Crippen LogP contribution is -1.91. The van der Waals surface area contributed by atoms with Crippen LogP contribution in [-0.2, 0) is 0 Å². The van der Waals surface area contributed by atoms with Crippen molar-refractivity contribution in [3.63, 3.8) is 0 Å². The van der Waals surface area contributed by atoms with Crippen molar-refractivity contribution in [3.05, 3.63) is 182 Å². The molecule has 0 saturated carbocycles. The highest BCUT2D eigenvalue weighted by Gasteiger charge is 2.25. The minimum absolute atomic E-state index is 0.00265. The summed E-state index contributed by atoms with van der Waals surface area (Å²) >= 11 is 0. The van der Waals surface area contributed by atoms with E-state index in [0.717, 1.165) is 21.5 Å². The van der Waals surface area contributed by atoms with Crippen molar-refractivity contribution in [1.82, 2.24) is 0 Å². The predicted octanol–water partition coefficient (Wildman–Crippen LogP) is 13.7. The third-order valence-electron chi connectivity index (χ3n) is 8.87. The maximum absolute atomic E-state index is 9.60. The first kappa shape index (κ1) is 15.2. The molecule has 0 aliphatic rings. The van der Waals surface area contributed by atoms with Crippen LogP contribution in [0.2, 0.25) is 0 Å². The molecular formula is C48H30O. The number of rotatable bonds is 4. The normalized spacial score (nSPS) is 16.8. The maximum atomic E-state index is 9.60. The topological polar surface area (TPSA) is 13.1 Å². The fraction of sp³-hybridized carbons (Fsp3) is 0. The molecule has 0 fully saturated rings. The van der Waals surface area contributed by atoms with Crippen LogP contribution in [0.4, 0.5) is 0 Å². The van der Waals surface area contributed by atoms with Crippen LogP contribution in [0.1, 0.15) is 24.7 Å². The van der Waals surface area contributed by atoms with E-state index in [4.69, 9.17) is 23.6 Å². The van der Waals surface area contributed by atoms with Gasteiger partial charge >= 0.3 is 0 Å². The van der Waals surface area contributed by atoms with Gasteiger partial charge in [-0.3, -0.25) is 0 Å². The molecule has 0 bridgehead atoms. The van der Waals surface area contributed by atoms with E-state index in [-0.39, 0.29) is 49.8 Å². The molecule has 0 aliphatic heterocycles. The number of furan rings is 1. The molecule has 0 N–H and O–H groups in total. The monoisotopic (exact) mass is 640 g/mol. The van der Waals surface area contributed by atoms with Gasteiger partial charge in [0, 0.05) is 27.6 Å². The summed E-state index contributed by atoms with van der Waals surface area (Å²) in [6, 6.07) is 8.79. The van der Waals surface area contributed by atoms with Crippen LogP contribution in [0.3, 0.4) is 0 Å². The standard InChI is InChI=1S/C48H30O/c1-3-14-31(15-4-1)38-24-13-25-43-46(47(49-48(38)43)35-28-29-37-34(30-35)27-26-32-16-7-8-19-36(32)37)45-41-22-11-9-20-39(41)44(33-17-5-2-6-18-33)40-21-10-12-23-42(40)45/h1-30H/i1D,2D,3D,4D,5D,6D,9D,10D,11D,12D,14D,15D,17D,18D,20D,21D,22D,23D. The molecule has 1 nitrogen and oxygen atoms in total. The van der Waals surface area contributed by atoms with Gasteiger partial charge in [0.25, 0.3) is 0 Å². The molecule has 1 heterocycles. The van der Waals surface area contributed by atoms with E-state index < -0.39 is 131 Å². The van der Waals surface area contributed by atoms with Gasteiger partial charge in [-0.2, -0.15) is 0 Å². The van der Waals surface area contributed by atoms with Gasteiger partial charge in [-0.05, 0) is 65.8 Å². The van der Waals surface area contributed by atoms with Gasteiger partial charge in [0.1, 0.15) is 11.3 Å². The van der Waals surface area contributed by atoms with Crippen LogP contribution in [0.15, 0.2) is 186 Å². The summed E-state index contributed by atoms with van der Waals surface area (Å²) in [6.07, 6.45) is 0. The largest absolute Gasteiger partial charge is 0.455 e. The molecule has 0 atom stereocenters. The molecule has 0 saturated heterocycles. The lowest BCUT2D eigenvalue weighted by atomic mass is 9.84. The Labute approximate surface area is 309 Å². The van der Waals surface area contributed by atoms with E-state index in [1.807, 2.05) is 48.5 Å². The Morgan fingerprint density at radius 1 is 0.367 bits per heavy atom. The third kappa shape index (κ3) is 4.33. The first-order valence-electron chi connectivity index (χ1n) is 24.4. The van der Waals surface area contributed by atoms with E-state index in [2.05, 4.69) is 0 Å². The molecule has 1 heteroatoms. The summed E-state index contributed by atoms with van der Waals surface area (Å²) in [7, 11) is 0. The smallest absolute Gasteiger partial charge is 0.143 e. The van der Waals surface area contributed by atoms with E-state index in [9.17, 15) is 5.48 Å². The number of para-hydroxylation sites is 1. The van der Waals surface area contributed by atoms with Gasteiger partial charge < -0.3 is 4.42 Å². The summed E-state index contributed by atoms with van der Waals surface area (Å²) < 4.78 is 168. The predicted molar refractivity (Wildman–Crippen MR) is 208 cm³/mol. The number of hydrogen-bond donors (Lipinski definition) is 0. The highest BCUT2D eigenvalue weighted by molar-refractivity contribution is 6.25. The Bertz CT molecular complexity index is 3770. The second-order valence-corrected chi connectivity index (χ2v) is 11.5. The zero-order chi connectivity index (χ0) is 48.0. The van der Waals surface area contributed by atoms with Crippen molar-refractivity contribution < 1.29 is 29.1 Å². The lowest BCUT2D eigenvalue weighted by molar-refractivity contribution is 0.633. The first-order chi connectivity index (χ1) is 31.8. The number of hydrogen-bond acceptors (Lipinski definition) is 1. The van der Waals surface area contributed by atoms with Crippen LogP contribution in [-0.4, -0.2) is 0 Å². The molecular weight excluding hydrogens is 593 g/mol. The van der Waals surface area contributed by atoms with Crippen LogP contribution >= 0.6 is 0 Å². The molecule has 228 valence electrons. The van der Waals surface area contributed by atoms with Crippen LogP contribution in [0, 0.1) is 0 Å².